The molecule has 0 bridgehead atoms. The van der Waals surface area contributed by atoms with Gasteiger partial charge >= 0.3 is 0 Å². The Bertz CT molecular complexity index is 778. The summed E-state index contributed by atoms with van der Waals surface area (Å²) in [5.74, 6) is -0.0899. The van der Waals surface area contributed by atoms with Gasteiger partial charge in [0.1, 0.15) is 5.69 Å². The summed E-state index contributed by atoms with van der Waals surface area (Å²) >= 11 is 0. The van der Waals surface area contributed by atoms with Crippen molar-refractivity contribution in [2.75, 3.05) is 0 Å². The van der Waals surface area contributed by atoms with E-state index < -0.39 is 0 Å². The SMILES string of the molecule is Cc1ccccc1-c1n[nH]c(O)c1/N=N/c1ccccc1. The number of hydrogen-bond donors (Lipinski definition) is 2. The Balaban J connectivity index is 2.02. The van der Waals surface area contributed by atoms with Crippen LogP contribution >= 0.6 is 0 Å². The van der Waals surface area contributed by atoms with E-state index in [0.717, 1.165) is 11.1 Å². The maximum absolute atomic E-state index is 9.89. The van der Waals surface area contributed by atoms with Gasteiger partial charge in [-0.1, -0.05) is 42.5 Å². The van der Waals surface area contributed by atoms with Gasteiger partial charge in [0.15, 0.2) is 5.69 Å². The summed E-state index contributed by atoms with van der Waals surface area (Å²) in [5.41, 5.74) is 3.61. The second kappa shape index (κ2) is 5.58. The van der Waals surface area contributed by atoms with Crippen LogP contribution in [0.3, 0.4) is 0 Å². The van der Waals surface area contributed by atoms with Crippen LogP contribution in [-0.4, -0.2) is 15.3 Å². The number of azo groups is 1. The molecular weight excluding hydrogens is 264 g/mol. The normalized spacial score (nSPS) is 11.1. The first-order chi connectivity index (χ1) is 10.3. The number of benzene rings is 2. The maximum atomic E-state index is 9.89. The molecule has 1 heterocycles. The summed E-state index contributed by atoms with van der Waals surface area (Å²) in [6, 6.07) is 17.2. The molecule has 3 aromatic rings. The van der Waals surface area contributed by atoms with Crippen molar-refractivity contribution in [3.05, 3.63) is 60.2 Å². The van der Waals surface area contributed by atoms with Crippen molar-refractivity contribution in [1.82, 2.24) is 10.2 Å². The molecule has 0 aliphatic rings. The topological polar surface area (TPSA) is 73.6 Å². The van der Waals surface area contributed by atoms with Gasteiger partial charge in [0.25, 0.3) is 0 Å². The van der Waals surface area contributed by atoms with Gasteiger partial charge in [-0.25, -0.2) is 5.10 Å². The first kappa shape index (κ1) is 13.1. The lowest BCUT2D eigenvalue weighted by Gasteiger charge is -2.02. The molecular formula is C16H14N4O. The third-order valence-corrected chi connectivity index (χ3v) is 3.14. The Kier molecular flexibility index (Phi) is 3.47. The van der Waals surface area contributed by atoms with E-state index in [1.165, 1.54) is 0 Å². The van der Waals surface area contributed by atoms with Gasteiger partial charge in [-0.05, 0) is 24.6 Å². The number of H-pyrrole nitrogens is 1. The minimum Gasteiger partial charge on any atom is -0.492 e. The smallest absolute Gasteiger partial charge is 0.235 e. The number of hydrogen-bond acceptors (Lipinski definition) is 4. The fourth-order valence-electron chi connectivity index (χ4n) is 2.05. The molecule has 5 heteroatoms. The molecule has 2 N–H and O–H groups in total. The Morgan fingerprint density at radius 3 is 2.43 bits per heavy atom. The molecule has 0 fully saturated rings. The molecule has 0 aliphatic heterocycles. The molecule has 104 valence electrons. The predicted octanol–water partition coefficient (Wildman–Crippen LogP) is 4.51. The van der Waals surface area contributed by atoms with Crippen molar-refractivity contribution < 1.29 is 5.11 Å². The Labute approximate surface area is 122 Å². The van der Waals surface area contributed by atoms with Crippen molar-refractivity contribution in [1.29, 1.82) is 0 Å². The van der Waals surface area contributed by atoms with Crippen LogP contribution in [0.5, 0.6) is 5.88 Å². The van der Waals surface area contributed by atoms with E-state index >= 15 is 0 Å². The number of aromatic hydroxyl groups is 1. The van der Waals surface area contributed by atoms with Gasteiger partial charge in [-0.3, -0.25) is 0 Å². The number of aryl methyl sites for hydroxylation is 1. The van der Waals surface area contributed by atoms with E-state index in [1.807, 2.05) is 61.5 Å². The van der Waals surface area contributed by atoms with E-state index in [0.29, 0.717) is 17.1 Å². The zero-order chi connectivity index (χ0) is 14.7. The van der Waals surface area contributed by atoms with E-state index in [1.54, 1.807) is 0 Å². The van der Waals surface area contributed by atoms with Crippen LogP contribution in [0.1, 0.15) is 5.56 Å². The average Bonchev–Trinajstić information content (AvgIpc) is 2.88. The molecule has 0 aliphatic carbocycles. The third-order valence-electron chi connectivity index (χ3n) is 3.14. The van der Waals surface area contributed by atoms with Crippen LogP contribution in [0.2, 0.25) is 0 Å². The molecule has 1 aromatic heterocycles. The van der Waals surface area contributed by atoms with Gasteiger partial charge < -0.3 is 5.11 Å². The van der Waals surface area contributed by atoms with Crippen molar-refractivity contribution in [3.8, 4) is 17.1 Å². The van der Waals surface area contributed by atoms with E-state index in [2.05, 4.69) is 20.4 Å². The zero-order valence-electron chi connectivity index (χ0n) is 11.5. The van der Waals surface area contributed by atoms with Crippen LogP contribution in [0.25, 0.3) is 11.3 Å². The van der Waals surface area contributed by atoms with E-state index in [9.17, 15) is 5.11 Å². The molecule has 0 saturated carbocycles. The van der Waals surface area contributed by atoms with Crippen LogP contribution in [-0.2, 0) is 0 Å². The molecule has 3 rings (SSSR count). The summed E-state index contributed by atoms with van der Waals surface area (Å²) in [4.78, 5) is 0. The van der Waals surface area contributed by atoms with Crippen molar-refractivity contribution in [2.45, 2.75) is 6.92 Å². The number of rotatable bonds is 3. The Hall–Kier alpha value is -2.95. The molecule has 0 saturated heterocycles. The van der Waals surface area contributed by atoms with Crippen molar-refractivity contribution in [3.63, 3.8) is 0 Å². The summed E-state index contributed by atoms with van der Waals surface area (Å²) in [5, 5.41) is 24.8. The van der Waals surface area contributed by atoms with Gasteiger partial charge in [-0.2, -0.15) is 10.2 Å². The average molecular weight is 278 g/mol. The zero-order valence-corrected chi connectivity index (χ0v) is 11.5. The fraction of sp³-hybridized carbons (Fsp3) is 0.0625. The monoisotopic (exact) mass is 278 g/mol. The first-order valence-corrected chi connectivity index (χ1v) is 6.56. The fourth-order valence-corrected chi connectivity index (χ4v) is 2.05. The second-order valence-corrected chi connectivity index (χ2v) is 4.62. The van der Waals surface area contributed by atoms with E-state index in [-0.39, 0.29) is 5.88 Å². The minimum absolute atomic E-state index is 0.0899. The molecule has 0 unspecified atom stereocenters. The molecule has 0 radical (unpaired) electrons. The molecule has 0 spiro atoms. The highest BCUT2D eigenvalue weighted by Crippen LogP contribution is 2.37. The lowest BCUT2D eigenvalue weighted by Crippen LogP contribution is -1.83. The quantitative estimate of drug-likeness (QED) is 0.692. The van der Waals surface area contributed by atoms with Gasteiger partial charge in [0.2, 0.25) is 5.88 Å². The molecule has 0 amide bonds. The number of aromatic nitrogens is 2. The molecule has 5 nitrogen and oxygen atoms in total. The van der Waals surface area contributed by atoms with E-state index in [4.69, 9.17) is 0 Å². The van der Waals surface area contributed by atoms with Gasteiger partial charge in [-0.15, -0.1) is 5.11 Å². The number of nitrogens with one attached hydrogen (secondary N) is 1. The highest BCUT2D eigenvalue weighted by Gasteiger charge is 2.15. The predicted molar refractivity (Wildman–Crippen MR) is 81.0 cm³/mol. The molecule has 2 aromatic carbocycles. The maximum Gasteiger partial charge on any atom is 0.235 e. The van der Waals surface area contributed by atoms with Crippen LogP contribution in [0.15, 0.2) is 64.8 Å². The van der Waals surface area contributed by atoms with Gasteiger partial charge in [0, 0.05) is 5.56 Å². The van der Waals surface area contributed by atoms with Gasteiger partial charge in [0.05, 0.1) is 5.69 Å². The summed E-state index contributed by atoms with van der Waals surface area (Å²) < 4.78 is 0. The van der Waals surface area contributed by atoms with Crippen molar-refractivity contribution in [2.24, 2.45) is 10.2 Å². The van der Waals surface area contributed by atoms with Crippen LogP contribution < -0.4 is 0 Å². The standard InChI is InChI=1S/C16H14N4O/c1-11-7-5-6-10-13(11)14-15(16(21)20-18-14)19-17-12-8-3-2-4-9-12/h2-10H,1H3,(H2,18,20,21)/b19-17+. The Morgan fingerprint density at radius 1 is 0.952 bits per heavy atom. The lowest BCUT2D eigenvalue weighted by molar-refractivity contribution is 0.453. The van der Waals surface area contributed by atoms with Crippen LogP contribution in [0, 0.1) is 6.92 Å². The summed E-state index contributed by atoms with van der Waals surface area (Å²) in [7, 11) is 0. The van der Waals surface area contributed by atoms with Crippen LogP contribution in [0.4, 0.5) is 11.4 Å². The van der Waals surface area contributed by atoms with Crippen molar-refractivity contribution >= 4 is 11.4 Å². The Morgan fingerprint density at radius 2 is 1.67 bits per heavy atom. The highest BCUT2D eigenvalue weighted by atomic mass is 16.3. The lowest BCUT2D eigenvalue weighted by atomic mass is 10.1. The summed E-state index contributed by atoms with van der Waals surface area (Å²) in [6.07, 6.45) is 0. The molecule has 21 heavy (non-hydrogen) atoms. The number of aromatic amines is 1. The first-order valence-electron chi connectivity index (χ1n) is 6.56. The second-order valence-electron chi connectivity index (χ2n) is 4.62. The summed E-state index contributed by atoms with van der Waals surface area (Å²) in [6.45, 7) is 1.99. The highest BCUT2D eigenvalue weighted by molar-refractivity contribution is 5.77. The number of nitrogens with zero attached hydrogens (tertiary/aromatic N) is 3. The molecule has 0 atom stereocenters. The third kappa shape index (κ3) is 2.67. The minimum atomic E-state index is -0.0899. The largest absolute Gasteiger partial charge is 0.492 e.